The third-order valence-electron chi connectivity index (χ3n) is 4.84. The molecule has 0 bridgehead atoms. The monoisotopic (exact) mass is 383 g/mol. The molecule has 2 atom stereocenters. The summed E-state index contributed by atoms with van der Waals surface area (Å²) in [6.07, 6.45) is 1.63. The molecular weight excluding hydrogens is 358 g/mol. The molecule has 2 aromatic carbocycles. The number of hydrogen-bond acceptors (Lipinski definition) is 2. The van der Waals surface area contributed by atoms with Crippen molar-refractivity contribution in [1.82, 2.24) is 10.3 Å². The Balaban J connectivity index is 1.76. The Bertz CT molecular complexity index is 917. The van der Waals surface area contributed by atoms with Gasteiger partial charge in [0.15, 0.2) is 0 Å². The molecule has 4 nitrogen and oxygen atoms in total. The first-order chi connectivity index (χ1) is 13.0. The van der Waals surface area contributed by atoms with Gasteiger partial charge in [-0.15, -0.1) is 11.6 Å². The van der Waals surface area contributed by atoms with Crippen molar-refractivity contribution >= 4 is 28.4 Å². The summed E-state index contributed by atoms with van der Waals surface area (Å²) in [5, 5.41) is 3.85. The van der Waals surface area contributed by atoms with E-state index in [4.69, 9.17) is 17.3 Å². The average Bonchev–Trinajstić information content (AvgIpc) is 3.10. The van der Waals surface area contributed by atoms with Crippen LogP contribution in [0.2, 0.25) is 0 Å². The molecule has 4 N–H and O–H groups in total. The van der Waals surface area contributed by atoms with Crippen LogP contribution >= 0.6 is 11.6 Å². The SMILES string of the molecule is Cc1ccc(-c2ccc3cc(C(=O)NC(C)[C@@H](Cl)CCCN)[nH]c3c2)cc1. The Morgan fingerprint density at radius 2 is 1.85 bits per heavy atom. The Hall–Kier alpha value is -2.30. The smallest absolute Gasteiger partial charge is 0.267 e. The van der Waals surface area contributed by atoms with E-state index in [-0.39, 0.29) is 17.3 Å². The number of aromatic nitrogens is 1. The van der Waals surface area contributed by atoms with Gasteiger partial charge in [0.2, 0.25) is 0 Å². The number of nitrogens with one attached hydrogen (secondary N) is 2. The van der Waals surface area contributed by atoms with Gasteiger partial charge in [-0.3, -0.25) is 4.79 Å². The molecule has 3 rings (SSSR count). The molecule has 27 heavy (non-hydrogen) atoms. The van der Waals surface area contributed by atoms with Crippen molar-refractivity contribution in [3.05, 3.63) is 59.8 Å². The highest BCUT2D eigenvalue weighted by Gasteiger charge is 2.18. The lowest BCUT2D eigenvalue weighted by molar-refractivity contribution is 0.0934. The number of fused-ring (bicyclic) bond motifs is 1. The fourth-order valence-electron chi connectivity index (χ4n) is 3.11. The number of halogens is 1. The molecule has 1 aromatic heterocycles. The molecule has 0 saturated carbocycles. The van der Waals surface area contributed by atoms with Crippen molar-refractivity contribution in [1.29, 1.82) is 0 Å². The Morgan fingerprint density at radius 3 is 2.56 bits per heavy atom. The van der Waals surface area contributed by atoms with Gasteiger partial charge in [0.25, 0.3) is 5.91 Å². The number of benzene rings is 2. The van der Waals surface area contributed by atoms with E-state index in [0.717, 1.165) is 34.9 Å². The summed E-state index contributed by atoms with van der Waals surface area (Å²) < 4.78 is 0. The molecule has 1 heterocycles. The molecular formula is C22H26ClN3O. The van der Waals surface area contributed by atoms with E-state index in [2.05, 4.69) is 53.6 Å². The van der Waals surface area contributed by atoms with Gasteiger partial charge >= 0.3 is 0 Å². The molecule has 3 aromatic rings. The summed E-state index contributed by atoms with van der Waals surface area (Å²) >= 11 is 6.34. The molecule has 0 aliphatic heterocycles. The highest BCUT2D eigenvalue weighted by atomic mass is 35.5. The lowest BCUT2D eigenvalue weighted by Crippen LogP contribution is -2.39. The van der Waals surface area contributed by atoms with Gasteiger partial charge in [-0.1, -0.05) is 42.0 Å². The summed E-state index contributed by atoms with van der Waals surface area (Å²) in [5.74, 6) is -0.144. The average molecular weight is 384 g/mol. The summed E-state index contributed by atoms with van der Waals surface area (Å²) in [5.41, 5.74) is 10.5. The largest absolute Gasteiger partial charge is 0.351 e. The van der Waals surface area contributed by atoms with Crippen LogP contribution in [0.25, 0.3) is 22.0 Å². The van der Waals surface area contributed by atoms with Crippen LogP contribution in [-0.4, -0.2) is 28.9 Å². The number of aromatic amines is 1. The second-order valence-electron chi connectivity index (χ2n) is 7.06. The van der Waals surface area contributed by atoms with Gasteiger partial charge in [0, 0.05) is 16.9 Å². The van der Waals surface area contributed by atoms with E-state index >= 15 is 0 Å². The van der Waals surface area contributed by atoms with Crippen LogP contribution in [0.5, 0.6) is 0 Å². The Kier molecular flexibility index (Phi) is 6.19. The summed E-state index contributed by atoms with van der Waals surface area (Å²) in [6.45, 7) is 4.60. The van der Waals surface area contributed by atoms with Gasteiger partial charge < -0.3 is 16.0 Å². The fourth-order valence-corrected chi connectivity index (χ4v) is 3.33. The lowest BCUT2D eigenvalue weighted by Gasteiger charge is -2.18. The maximum atomic E-state index is 12.6. The Morgan fingerprint density at radius 1 is 1.15 bits per heavy atom. The third-order valence-corrected chi connectivity index (χ3v) is 5.43. The van der Waals surface area contributed by atoms with E-state index in [9.17, 15) is 4.79 Å². The second kappa shape index (κ2) is 8.59. The van der Waals surface area contributed by atoms with Crippen molar-refractivity contribution in [3.8, 4) is 11.1 Å². The zero-order valence-corrected chi connectivity index (χ0v) is 16.5. The minimum atomic E-state index is -0.144. The summed E-state index contributed by atoms with van der Waals surface area (Å²) in [4.78, 5) is 15.8. The molecule has 5 heteroatoms. The van der Waals surface area contributed by atoms with Crippen molar-refractivity contribution in [2.45, 2.75) is 38.1 Å². The van der Waals surface area contributed by atoms with Crippen LogP contribution in [0.4, 0.5) is 0 Å². The minimum absolute atomic E-state index is 0.125. The van der Waals surface area contributed by atoms with E-state index in [1.165, 1.54) is 5.56 Å². The second-order valence-corrected chi connectivity index (χ2v) is 7.62. The molecule has 0 aliphatic carbocycles. The molecule has 1 amide bonds. The van der Waals surface area contributed by atoms with Crippen molar-refractivity contribution in [3.63, 3.8) is 0 Å². The number of aryl methyl sites for hydroxylation is 1. The quantitative estimate of drug-likeness (QED) is 0.521. The highest BCUT2D eigenvalue weighted by Crippen LogP contribution is 2.25. The first kappa shape index (κ1) is 19.5. The molecule has 0 saturated heterocycles. The summed E-state index contributed by atoms with van der Waals surface area (Å²) in [6, 6.07) is 16.3. The molecule has 0 aliphatic rings. The van der Waals surface area contributed by atoms with Crippen molar-refractivity contribution in [2.75, 3.05) is 6.54 Å². The van der Waals surface area contributed by atoms with Gasteiger partial charge in [-0.05, 0) is 56.5 Å². The van der Waals surface area contributed by atoms with E-state index in [1.807, 2.05) is 19.1 Å². The van der Waals surface area contributed by atoms with Crippen LogP contribution in [0, 0.1) is 6.92 Å². The number of nitrogens with two attached hydrogens (primary N) is 1. The number of carbonyl (C=O) groups is 1. The Labute approximate surface area is 165 Å². The zero-order valence-electron chi connectivity index (χ0n) is 15.8. The highest BCUT2D eigenvalue weighted by molar-refractivity contribution is 6.21. The topological polar surface area (TPSA) is 70.9 Å². The summed E-state index contributed by atoms with van der Waals surface area (Å²) in [7, 11) is 0. The predicted molar refractivity (Wildman–Crippen MR) is 113 cm³/mol. The molecule has 0 fully saturated rings. The van der Waals surface area contributed by atoms with E-state index < -0.39 is 0 Å². The number of H-pyrrole nitrogens is 1. The van der Waals surface area contributed by atoms with Gasteiger partial charge in [-0.2, -0.15) is 0 Å². The van der Waals surface area contributed by atoms with E-state index in [0.29, 0.717) is 12.2 Å². The molecule has 142 valence electrons. The maximum Gasteiger partial charge on any atom is 0.267 e. The standard InChI is InChI=1S/C22H26ClN3O/c1-14-5-7-16(8-6-14)17-9-10-18-13-21(26-20(18)12-17)22(27)25-15(2)19(23)4-3-11-24/h5-10,12-13,15,19,26H,3-4,11,24H2,1-2H3,(H,25,27)/t15?,19-/m0/s1. The number of rotatable bonds is 7. The molecule has 0 radical (unpaired) electrons. The van der Waals surface area contributed by atoms with Crippen LogP contribution in [-0.2, 0) is 0 Å². The number of hydrogen-bond donors (Lipinski definition) is 3. The van der Waals surface area contributed by atoms with Crippen LogP contribution in [0.3, 0.4) is 0 Å². The lowest BCUT2D eigenvalue weighted by atomic mass is 10.0. The predicted octanol–water partition coefficient (Wildman–Crippen LogP) is 4.61. The van der Waals surface area contributed by atoms with E-state index in [1.54, 1.807) is 0 Å². The number of amides is 1. The van der Waals surface area contributed by atoms with Gasteiger partial charge in [0.1, 0.15) is 5.69 Å². The maximum absolute atomic E-state index is 12.6. The van der Waals surface area contributed by atoms with Crippen LogP contribution in [0.15, 0.2) is 48.5 Å². The van der Waals surface area contributed by atoms with Crippen LogP contribution < -0.4 is 11.1 Å². The number of carbonyl (C=O) groups excluding carboxylic acids is 1. The van der Waals surface area contributed by atoms with Crippen LogP contribution in [0.1, 0.15) is 35.8 Å². The van der Waals surface area contributed by atoms with Gasteiger partial charge in [-0.25, -0.2) is 0 Å². The number of alkyl halides is 1. The minimum Gasteiger partial charge on any atom is -0.351 e. The zero-order chi connectivity index (χ0) is 19.4. The molecule has 0 spiro atoms. The van der Waals surface area contributed by atoms with Gasteiger partial charge in [0.05, 0.1) is 5.38 Å². The fraction of sp³-hybridized carbons (Fsp3) is 0.318. The first-order valence-electron chi connectivity index (χ1n) is 9.32. The molecule has 1 unspecified atom stereocenters. The van der Waals surface area contributed by atoms with Crippen molar-refractivity contribution in [2.24, 2.45) is 5.73 Å². The van der Waals surface area contributed by atoms with Crippen molar-refractivity contribution < 1.29 is 4.79 Å². The first-order valence-corrected chi connectivity index (χ1v) is 9.76. The normalized spacial score (nSPS) is 13.5. The third kappa shape index (κ3) is 4.71.